The number of benzene rings is 2. The number of nitrogens with one attached hydrogen (secondary N) is 2. The van der Waals surface area contributed by atoms with Crippen molar-refractivity contribution in [3.05, 3.63) is 71.3 Å². The van der Waals surface area contributed by atoms with Gasteiger partial charge in [-0.05, 0) is 54.7 Å². The Kier molecular flexibility index (Phi) is 5.69. The summed E-state index contributed by atoms with van der Waals surface area (Å²) in [6, 6.07) is 12.4. The maximum absolute atomic E-state index is 13.8. The molecule has 148 valence electrons. The molecule has 4 rings (SSSR count). The number of nitrogens with zero attached hydrogens (tertiary/aromatic N) is 1. The molecule has 2 aromatic carbocycles. The third-order valence-corrected chi connectivity index (χ3v) is 5.74. The zero-order chi connectivity index (χ0) is 19.5. The Bertz CT molecular complexity index is 827. The van der Waals surface area contributed by atoms with Gasteiger partial charge in [0.15, 0.2) is 0 Å². The number of likely N-dealkylation sites (tertiary alicyclic amines) is 1. The zero-order valence-electron chi connectivity index (χ0n) is 15.7. The van der Waals surface area contributed by atoms with Gasteiger partial charge in [-0.1, -0.05) is 37.1 Å². The molecule has 0 radical (unpaired) electrons. The van der Waals surface area contributed by atoms with Gasteiger partial charge in [-0.2, -0.15) is 0 Å². The summed E-state index contributed by atoms with van der Waals surface area (Å²) in [4.78, 5) is 15.2. The largest absolute Gasteiger partial charge is 0.334 e. The lowest BCUT2D eigenvalue weighted by molar-refractivity contribution is -0.135. The van der Waals surface area contributed by atoms with Crippen LogP contribution in [0, 0.1) is 11.6 Å². The second-order valence-electron chi connectivity index (χ2n) is 7.63. The molecule has 3 atom stereocenters. The van der Waals surface area contributed by atoms with E-state index in [0.717, 1.165) is 36.8 Å². The summed E-state index contributed by atoms with van der Waals surface area (Å²) in [6.45, 7) is 0.680. The fraction of sp³-hybridized carbons (Fsp3) is 0.409. The Morgan fingerprint density at radius 2 is 1.75 bits per heavy atom. The molecule has 0 spiro atoms. The molecule has 2 aliphatic heterocycles. The number of carbonyl (C=O) groups excluding carboxylic acids is 1. The summed E-state index contributed by atoms with van der Waals surface area (Å²) in [5.74, 6) is -0.510. The number of hydrogen-bond donors (Lipinski definition) is 2. The third-order valence-electron chi connectivity index (χ3n) is 5.74. The summed E-state index contributed by atoms with van der Waals surface area (Å²) in [5, 5.41) is 0. The molecule has 0 aromatic heterocycles. The van der Waals surface area contributed by atoms with Crippen molar-refractivity contribution in [2.75, 3.05) is 6.54 Å². The van der Waals surface area contributed by atoms with Crippen LogP contribution in [0.1, 0.15) is 55.3 Å². The summed E-state index contributed by atoms with van der Waals surface area (Å²) in [6.07, 6.45) is 4.50. The van der Waals surface area contributed by atoms with E-state index >= 15 is 0 Å². The Morgan fingerprint density at radius 3 is 2.54 bits per heavy atom. The predicted octanol–water partition coefficient (Wildman–Crippen LogP) is 4.02. The van der Waals surface area contributed by atoms with E-state index in [0.29, 0.717) is 13.0 Å². The van der Waals surface area contributed by atoms with Crippen LogP contribution in [-0.2, 0) is 4.79 Å². The van der Waals surface area contributed by atoms with Gasteiger partial charge in [-0.15, -0.1) is 0 Å². The SMILES string of the molecule is O=C(C1CC(c2ccc(F)cc2)NN1)N1CCCCCC1c1cccc(F)c1. The highest BCUT2D eigenvalue weighted by Crippen LogP contribution is 2.32. The van der Waals surface area contributed by atoms with Crippen LogP contribution in [0.2, 0.25) is 0 Å². The van der Waals surface area contributed by atoms with Crippen molar-refractivity contribution in [2.24, 2.45) is 0 Å². The monoisotopic (exact) mass is 385 g/mol. The first kappa shape index (κ1) is 19.0. The molecule has 2 N–H and O–H groups in total. The van der Waals surface area contributed by atoms with Crippen molar-refractivity contribution >= 4 is 5.91 Å². The fourth-order valence-electron chi connectivity index (χ4n) is 4.26. The number of amides is 1. The van der Waals surface area contributed by atoms with Crippen LogP contribution in [0.25, 0.3) is 0 Å². The lowest BCUT2D eigenvalue weighted by atomic mass is 9.98. The summed E-state index contributed by atoms with van der Waals surface area (Å²) in [7, 11) is 0. The van der Waals surface area contributed by atoms with E-state index in [1.165, 1.54) is 24.3 Å². The van der Waals surface area contributed by atoms with Gasteiger partial charge in [0, 0.05) is 12.6 Å². The molecule has 2 fully saturated rings. The minimum atomic E-state index is -0.357. The molecular formula is C22H25F2N3O. The molecule has 3 unspecified atom stereocenters. The summed E-state index contributed by atoms with van der Waals surface area (Å²) >= 11 is 0. The van der Waals surface area contributed by atoms with Crippen molar-refractivity contribution in [1.29, 1.82) is 0 Å². The first-order chi connectivity index (χ1) is 13.6. The number of hydrazine groups is 1. The van der Waals surface area contributed by atoms with Gasteiger partial charge in [-0.3, -0.25) is 4.79 Å². The highest BCUT2D eigenvalue weighted by atomic mass is 19.1. The summed E-state index contributed by atoms with van der Waals surface area (Å²) in [5.41, 5.74) is 8.08. The van der Waals surface area contributed by atoms with E-state index < -0.39 is 0 Å². The highest BCUT2D eigenvalue weighted by Gasteiger charge is 2.36. The van der Waals surface area contributed by atoms with Crippen LogP contribution in [0.5, 0.6) is 0 Å². The topological polar surface area (TPSA) is 44.4 Å². The zero-order valence-corrected chi connectivity index (χ0v) is 15.7. The number of halogens is 2. The van der Waals surface area contributed by atoms with E-state index in [-0.39, 0.29) is 35.7 Å². The van der Waals surface area contributed by atoms with Crippen LogP contribution in [0.4, 0.5) is 8.78 Å². The Balaban J connectivity index is 1.51. The quantitative estimate of drug-likeness (QED) is 0.839. The van der Waals surface area contributed by atoms with Gasteiger partial charge >= 0.3 is 0 Å². The van der Waals surface area contributed by atoms with E-state index in [9.17, 15) is 13.6 Å². The Morgan fingerprint density at radius 1 is 0.929 bits per heavy atom. The molecule has 2 aliphatic rings. The maximum Gasteiger partial charge on any atom is 0.241 e. The first-order valence-electron chi connectivity index (χ1n) is 9.94. The molecule has 2 aromatic rings. The smallest absolute Gasteiger partial charge is 0.241 e. The highest BCUT2D eigenvalue weighted by molar-refractivity contribution is 5.82. The lowest BCUT2D eigenvalue weighted by Crippen LogP contribution is -2.47. The Labute approximate surface area is 163 Å². The van der Waals surface area contributed by atoms with Crippen molar-refractivity contribution in [3.8, 4) is 0 Å². The van der Waals surface area contributed by atoms with Crippen molar-refractivity contribution in [2.45, 2.75) is 50.2 Å². The fourth-order valence-corrected chi connectivity index (χ4v) is 4.26. The van der Waals surface area contributed by atoms with Gasteiger partial charge in [0.25, 0.3) is 0 Å². The molecule has 0 bridgehead atoms. The molecular weight excluding hydrogens is 360 g/mol. The van der Waals surface area contributed by atoms with Crippen molar-refractivity contribution < 1.29 is 13.6 Å². The van der Waals surface area contributed by atoms with Crippen molar-refractivity contribution in [1.82, 2.24) is 15.8 Å². The molecule has 4 nitrogen and oxygen atoms in total. The lowest BCUT2D eigenvalue weighted by Gasteiger charge is -2.32. The van der Waals surface area contributed by atoms with Gasteiger partial charge in [0.1, 0.15) is 17.7 Å². The first-order valence-corrected chi connectivity index (χ1v) is 9.94. The molecule has 0 aliphatic carbocycles. The van der Waals surface area contributed by atoms with E-state index in [1.807, 2.05) is 11.0 Å². The standard InChI is InChI=1S/C22H25F2N3O/c23-17-10-8-15(9-11-17)19-14-20(26-25-19)22(28)27-12-3-1-2-7-21(27)16-5-4-6-18(24)13-16/h4-6,8-11,13,19-21,25-26H,1-3,7,12,14H2. The average molecular weight is 385 g/mol. The van der Waals surface area contributed by atoms with E-state index in [4.69, 9.17) is 0 Å². The minimum absolute atomic E-state index is 0.0354. The third kappa shape index (κ3) is 4.08. The van der Waals surface area contributed by atoms with E-state index in [2.05, 4.69) is 10.9 Å². The number of rotatable bonds is 3. The molecule has 28 heavy (non-hydrogen) atoms. The minimum Gasteiger partial charge on any atom is -0.334 e. The van der Waals surface area contributed by atoms with Crippen LogP contribution in [0.15, 0.2) is 48.5 Å². The van der Waals surface area contributed by atoms with Crippen LogP contribution in [0.3, 0.4) is 0 Å². The average Bonchev–Trinajstić information content (AvgIpc) is 3.06. The molecule has 2 heterocycles. The predicted molar refractivity (Wildman–Crippen MR) is 103 cm³/mol. The molecule has 0 saturated carbocycles. The van der Waals surface area contributed by atoms with Crippen LogP contribution >= 0.6 is 0 Å². The Hall–Kier alpha value is -2.31. The normalized spacial score (nSPS) is 25.5. The van der Waals surface area contributed by atoms with Crippen LogP contribution < -0.4 is 10.9 Å². The maximum atomic E-state index is 13.8. The van der Waals surface area contributed by atoms with E-state index in [1.54, 1.807) is 18.2 Å². The van der Waals surface area contributed by atoms with Gasteiger partial charge < -0.3 is 4.90 Å². The molecule has 1 amide bonds. The number of hydrogen-bond acceptors (Lipinski definition) is 3. The number of carbonyl (C=O) groups is 1. The molecule has 6 heteroatoms. The van der Waals surface area contributed by atoms with Crippen LogP contribution in [-0.4, -0.2) is 23.4 Å². The van der Waals surface area contributed by atoms with Gasteiger partial charge in [0.05, 0.1) is 6.04 Å². The second-order valence-corrected chi connectivity index (χ2v) is 7.63. The van der Waals surface area contributed by atoms with Gasteiger partial charge in [-0.25, -0.2) is 19.6 Å². The summed E-state index contributed by atoms with van der Waals surface area (Å²) < 4.78 is 26.9. The second kappa shape index (κ2) is 8.37. The van der Waals surface area contributed by atoms with Gasteiger partial charge in [0.2, 0.25) is 5.91 Å². The molecule has 2 saturated heterocycles. The van der Waals surface area contributed by atoms with Crippen molar-refractivity contribution in [3.63, 3.8) is 0 Å².